The Bertz CT molecular complexity index is 789. The average molecular weight is 386 g/mol. The number of nitrogen functional groups attached to an aromatic ring is 1. The maximum absolute atomic E-state index is 12.4. The van der Waals surface area contributed by atoms with Crippen molar-refractivity contribution in [3.8, 4) is 0 Å². The molecule has 4 nitrogen and oxygen atoms in total. The van der Waals surface area contributed by atoms with Gasteiger partial charge in [-0.05, 0) is 24.3 Å². The highest BCUT2D eigenvalue weighted by atomic mass is 35.5. The fraction of sp³-hybridized carbons (Fsp3) is 0. The zero-order valence-corrected chi connectivity index (χ0v) is 14.0. The summed E-state index contributed by atoms with van der Waals surface area (Å²) in [5.74, 6) is 0. The van der Waals surface area contributed by atoms with Crippen molar-refractivity contribution >= 4 is 67.8 Å². The van der Waals surface area contributed by atoms with E-state index in [0.29, 0.717) is 0 Å². The summed E-state index contributed by atoms with van der Waals surface area (Å²) in [6.45, 7) is 0. The minimum absolute atomic E-state index is 0.00122. The van der Waals surface area contributed by atoms with E-state index in [4.69, 9.17) is 52.1 Å². The molecular weight excluding hydrogens is 378 g/mol. The first-order valence-corrected chi connectivity index (χ1v) is 8.43. The van der Waals surface area contributed by atoms with Crippen molar-refractivity contribution in [3.63, 3.8) is 0 Å². The Labute approximate surface area is 141 Å². The molecule has 0 saturated heterocycles. The van der Waals surface area contributed by atoms with Crippen LogP contribution in [0.1, 0.15) is 0 Å². The van der Waals surface area contributed by atoms with Gasteiger partial charge in [-0.25, -0.2) is 8.42 Å². The lowest BCUT2D eigenvalue weighted by molar-refractivity contribution is 0.601. The van der Waals surface area contributed by atoms with Crippen LogP contribution < -0.4 is 10.5 Å². The van der Waals surface area contributed by atoms with Crippen molar-refractivity contribution in [2.24, 2.45) is 0 Å². The Morgan fingerprint density at radius 3 is 2.14 bits per heavy atom. The summed E-state index contributed by atoms with van der Waals surface area (Å²) >= 11 is 23.5. The number of benzene rings is 2. The number of nitrogens with two attached hydrogens (primary N) is 1. The molecule has 0 bridgehead atoms. The molecule has 0 aliphatic carbocycles. The van der Waals surface area contributed by atoms with Gasteiger partial charge in [0.2, 0.25) is 0 Å². The average Bonchev–Trinajstić information content (AvgIpc) is 2.35. The monoisotopic (exact) mass is 384 g/mol. The minimum Gasteiger partial charge on any atom is -0.398 e. The van der Waals surface area contributed by atoms with E-state index in [0.717, 1.165) is 0 Å². The standard InChI is InChI=1S/C12H8Cl4N2O2S/c13-6-2-1-3-10(17)12(6)21(19,20)18-11-5-8(15)7(14)4-9(11)16/h1-5,18H,17H2. The van der Waals surface area contributed by atoms with Gasteiger partial charge in [0.25, 0.3) is 10.0 Å². The molecule has 0 aliphatic rings. The van der Waals surface area contributed by atoms with Crippen LogP contribution in [0, 0.1) is 0 Å². The first kappa shape index (κ1) is 16.5. The largest absolute Gasteiger partial charge is 0.398 e. The summed E-state index contributed by atoms with van der Waals surface area (Å²) in [5.41, 5.74) is 5.76. The summed E-state index contributed by atoms with van der Waals surface area (Å²) in [4.78, 5) is -0.228. The summed E-state index contributed by atoms with van der Waals surface area (Å²) in [5, 5.41) is 0.463. The third-order valence-electron chi connectivity index (χ3n) is 2.52. The molecule has 0 heterocycles. The Kier molecular flexibility index (Phi) is 4.80. The second kappa shape index (κ2) is 6.10. The van der Waals surface area contributed by atoms with Gasteiger partial charge in [0.05, 0.1) is 31.5 Å². The topological polar surface area (TPSA) is 72.2 Å². The fourth-order valence-electron chi connectivity index (χ4n) is 1.61. The van der Waals surface area contributed by atoms with Crippen molar-refractivity contribution < 1.29 is 8.42 Å². The molecule has 0 amide bonds. The minimum atomic E-state index is -4.02. The van der Waals surface area contributed by atoms with E-state index in [1.54, 1.807) is 6.07 Å². The Morgan fingerprint density at radius 2 is 1.52 bits per heavy atom. The lowest BCUT2D eigenvalue weighted by atomic mass is 10.3. The molecule has 0 spiro atoms. The van der Waals surface area contributed by atoms with E-state index in [1.807, 2.05) is 0 Å². The number of hydrogen-bond acceptors (Lipinski definition) is 3. The summed E-state index contributed by atoms with van der Waals surface area (Å²) in [6.07, 6.45) is 0. The molecule has 2 aromatic carbocycles. The lowest BCUT2D eigenvalue weighted by Crippen LogP contribution is -2.15. The molecule has 0 fully saturated rings. The van der Waals surface area contributed by atoms with Gasteiger partial charge in [0.1, 0.15) is 4.90 Å². The molecule has 2 aromatic rings. The number of anilines is 2. The van der Waals surface area contributed by atoms with Crippen molar-refractivity contribution in [2.45, 2.75) is 4.90 Å². The first-order valence-electron chi connectivity index (χ1n) is 5.43. The van der Waals surface area contributed by atoms with Gasteiger partial charge in [-0.15, -0.1) is 0 Å². The van der Waals surface area contributed by atoms with Crippen molar-refractivity contribution in [2.75, 3.05) is 10.5 Å². The van der Waals surface area contributed by atoms with Crippen LogP contribution in [0.2, 0.25) is 20.1 Å². The quantitative estimate of drug-likeness (QED) is 0.594. The van der Waals surface area contributed by atoms with Crippen LogP contribution in [-0.4, -0.2) is 8.42 Å². The van der Waals surface area contributed by atoms with Crippen LogP contribution in [0.15, 0.2) is 35.2 Å². The zero-order valence-electron chi connectivity index (χ0n) is 10.2. The predicted molar refractivity (Wildman–Crippen MR) is 88.1 cm³/mol. The van der Waals surface area contributed by atoms with Gasteiger partial charge >= 0.3 is 0 Å². The SMILES string of the molecule is Nc1cccc(Cl)c1S(=O)(=O)Nc1cc(Cl)c(Cl)cc1Cl. The highest BCUT2D eigenvalue weighted by Gasteiger charge is 2.22. The van der Waals surface area contributed by atoms with Crippen LogP contribution in [-0.2, 0) is 10.0 Å². The second-order valence-electron chi connectivity index (χ2n) is 4.01. The Morgan fingerprint density at radius 1 is 0.905 bits per heavy atom. The van der Waals surface area contributed by atoms with E-state index >= 15 is 0 Å². The van der Waals surface area contributed by atoms with Gasteiger partial charge in [0.15, 0.2) is 0 Å². The van der Waals surface area contributed by atoms with Crippen LogP contribution >= 0.6 is 46.4 Å². The molecule has 0 saturated carbocycles. The highest BCUT2D eigenvalue weighted by Crippen LogP contribution is 2.35. The molecule has 0 aliphatic heterocycles. The smallest absolute Gasteiger partial charge is 0.265 e. The van der Waals surface area contributed by atoms with Crippen LogP contribution in [0.25, 0.3) is 0 Å². The molecule has 3 N–H and O–H groups in total. The van der Waals surface area contributed by atoms with Crippen LogP contribution in [0.4, 0.5) is 11.4 Å². The summed E-state index contributed by atoms with van der Waals surface area (Å²) < 4.78 is 27.0. The van der Waals surface area contributed by atoms with E-state index in [2.05, 4.69) is 4.72 Å². The summed E-state index contributed by atoms with van der Waals surface area (Å²) in [6, 6.07) is 7.03. The van der Waals surface area contributed by atoms with E-state index in [9.17, 15) is 8.42 Å². The molecule has 112 valence electrons. The molecular formula is C12H8Cl4N2O2S. The van der Waals surface area contributed by atoms with Gasteiger partial charge in [-0.2, -0.15) is 0 Å². The third kappa shape index (κ3) is 3.49. The van der Waals surface area contributed by atoms with Crippen molar-refractivity contribution in [1.82, 2.24) is 0 Å². The highest BCUT2D eigenvalue weighted by molar-refractivity contribution is 7.93. The predicted octanol–water partition coefficient (Wildman–Crippen LogP) is 4.68. The maximum Gasteiger partial charge on any atom is 0.265 e. The van der Waals surface area contributed by atoms with Gasteiger partial charge < -0.3 is 5.73 Å². The van der Waals surface area contributed by atoms with E-state index < -0.39 is 10.0 Å². The fourth-order valence-corrected chi connectivity index (χ4v) is 4.01. The number of nitrogens with one attached hydrogen (secondary N) is 1. The van der Waals surface area contributed by atoms with Gasteiger partial charge in [-0.3, -0.25) is 4.72 Å². The molecule has 0 aromatic heterocycles. The molecule has 2 rings (SSSR count). The number of hydrogen-bond donors (Lipinski definition) is 2. The van der Waals surface area contributed by atoms with Gasteiger partial charge in [-0.1, -0.05) is 52.5 Å². The first-order chi connectivity index (χ1) is 9.72. The summed E-state index contributed by atoms with van der Waals surface area (Å²) in [7, 11) is -4.02. The van der Waals surface area contributed by atoms with E-state index in [1.165, 1.54) is 24.3 Å². The Hall–Kier alpha value is -0.850. The molecule has 21 heavy (non-hydrogen) atoms. The maximum atomic E-state index is 12.4. The van der Waals surface area contributed by atoms with Gasteiger partial charge in [0, 0.05) is 0 Å². The van der Waals surface area contributed by atoms with Crippen LogP contribution in [0.3, 0.4) is 0 Å². The number of rotatable bonds is 3. The zero-order chi connectivity index (χ0) is 15.8. The number of sulfonamides is 1. The Balaban J connectivity index is 2.50. The third-order valence-corrected chi connectivity index (χ3v) is 5.46. The van der Waals surface area contributed by atoms with Crippen molar-refractivity contribution in [1.29, 1.82) is 0 Å². The lowest BCUT2D eigenvalue weighted by Gasteiger charge is -2.13. The molecule has 0 atom stereocenters. The molecule has 9 heteroatoms. The second-order valence-corrected chi connectivity index (χ2v) is 7.26. The molecule has 0 radical (unpaired) electrons. The van der Waals surface area contributed by atoms with Crippen LogP contribution in [0.5, 0.6) is 0 Å². The number of halogens is 4. The van der Waals surface area contributed by atoms with E-state index in [-0.39, 0.29) is 36.4 Å². The van der Waals surface area contributed by atoms with Crippen molar-refractivity contribution in [3.05, 3.63) is 50.4 Å². The molecule has 0 unspecified atom stereocenters. The normalized spacial score (nSPS) is 11.4.